The van der Waals surface area contributed by atoms with Gasteiger partial charge in [-0.15, -0.1) is 0 Å². The van der Waals surface area contributed by atoms with Crippen molar-refractivity contribution in [3.63, 3.8) is 0 Å². The van der Waals surface area contributed by atoms with Crippen molar-refractivity contribution in [2.24, 2.45) is 0 Å². The number of fused-ring (bicyclic) bond motifs is 1. The van der Waals surface area contributed by atoms with E-state index in [4.69, 9.17) is 0 Å². The quantitative estimate of drug-likeness (QED) is 0.835. The van der Waals surface area contributed by atoms with Crippen LogP contribution in [0.2, 0.25) is 0 Å². The lowest BCUT2D eigenvalue weighted by Gasteiger charge is -2.07. The summed E-state index contributed by atoms with van der Waals surface area (Å²) in [4.78, 5) is 8.36. The van der Waals surface area contributed by atoms with Crippen LogP contribution in [0.1, 0.15) is 26.5 Å². The van der Waals surface area contributed by atoms with Crippen LogP contribution in [0.5, 0.6) is 5.75 Å². The smallest absolute Gasteiger partial charge is 0.387 e. The SMILES string of the molecule is CC.CCc1cnc2cccc(OC(F)F)c2n1. The van der Waals surface area contributed by atoms with E-state index in [0.29, 0.717) is 17.5 Å². The maximum absolute atomic E-state index is 12.2. The Bertz CT molecular complexity index is 503. The zero-order chi connectivity index (χ0) is 13.5. The molecule has 0 amide bonds. The van der Waals surface area contributed by atoms with Gasteiger partial charge in [0.2, 0.25) is 0 Å². The summed E-state index contributed by atoms with van der Waals surface area (Å²) in [7, 11) is 0. The van der Waals surface area contributed by atoms with Gasteiger partial charge < -0.3 is 4.74 Å². The molecule has 0 saturated carbocycles. The van der Waals surface area contributed by atoms with Crippen LogP contribution in [-0.4, -0.2) is 16.6 Å². The Balaban J connectivity index is 0.000000771. The maximum Gasteiger partial charge on any atom is 0.387 e. The molecule has 98 valence electrons. The number of ether oxygens (including phenoxy) is 1. The molecule has 1 aromatic heterocycles. The fourth-order valence-corrected chi connectivity index (χ4v) is 1.41. The molecular formula is C13H16F2N2O. The summed E-state index contributed by atoms with van der Waals surface area (Å²) in [5.74, 6) is 0.0651. The number of nitrogens with zero attached hydrogens (tertiary/aromatic N) is 2. The van der Waals surface area contributed by atoms with Crippen molar-refractivity contribution >= 4 is 11.0 Å². The first-order valence-corrected chi connectivity index (χ1v) is 5.90. The number of para-hydroxylation sites is 1. The van der Waals surface area contributed by atoms with Gasteiger partial charge in [-0.1, -0.05) is 26.8 Å². The highest BCUT2D eigenvalue weighted by atomic mass is 19.3. The number of benzene rings is 1. The molecule has 3 nitrogen and oxygen atoms in total. The zero-order valence-electron chi connectivity index (χ0n) is 10.7. The van der Waals surface area contributed by atoms with E-state index in [2.05, 4.69) is 14.7 Å². The van der Waals surface area contributed by atoms with E-state index >= 15 is 0 Å². The van der Waals surface area contributed by atoms with Crippen LogP contribution in [0.4, 0.5) is 8.78 Å². The average molecular weight is 254 g/mol. The second kappa shape index (κ2) is 6.83. The largest absolute Gasteiger partial charge is 0.432 e. The van der Waals surface area contributed by atoms with Crippen LogP contribution in [0.3, 0.4) is 0 Å². The Morgan fingerprint density at radius 2 is 2.00 bits per heavy atom. The third kappa shape index (κ3) is 3.35. The molecule has 0 aliphatic heterocycles. The number of halogens is 2. The summed E-state index contributed by atoms with van der Waals surface area (Å²) in [6.45, 7) is 3.07. The van der Waals surface area contributed by atoms with Gasteiger partial charge in [-0.3, -0.25) is 4.98 Å². The van der Waals surface area contributed by atoms with Crippen molar-refractivity contribution in [3.05, 3.63) is 30.1 Å². The first-order valence-electron chi connectivity index (χ1n) is 5.90. The van der Waals surface area contributed by atoms with Crippen molar-refractivity contribution in [2.45, 2.75) is 33.8 Å². The number of rotatable bonds is 3. The van der Waals surface area contributed by atoms with Crippen LogP contribution < -0.4 is 4.74 Å². The Hall–Kier alpha value is -1.78. The molecule has 1 heterocycles. The summed E-state index contributed by atoms with van der Waals surface area (Å²) in [5.41, 5.74) is 1.68. The van der Waals surface area contributed by atoms with Gasteiger partial charge in [-0.25, -0.2) is 4.98 Å². The van der Waals surface area contributed by atoms with Crippen molar-refractivity contribution in [1.29, 1.82) is 0 Å². The number of hydrogen-bond donors (Lipinski definition) is 0. The second-order valence-electron chi connectivity index (χ2n) is 3.22. The number of aryl methyl sites for hydroxylation is 1. The van der Waals surface area contributed by atoms with Crippen LogP contribution in [0.15, 0.2) is 24.4 Å². The third-order valence-corrected chi connectivity index (χ3v) is 2.16. The van der Waals surface area contributed by atoms with Gasteiger partial charge >= 0.3 is 6.61 Å². The highest BCUT2D eigenvalue weighted by molar-refractivity contribution is 5.80. The van der Waals surface area contributed by atoms with E-state index in [0.717, 1.165) is 5.69 Å². The first-order chi connectivity index (χ1) is 8.70. The molecule has 0 fully saturated rings. The third-order valence-electron chi connectivity index (χ3n) is 2.16. The molecule has 0 radical (unpaired) electrons. The molecule has 5 heteroatoms. The summed E-state index contributed by atoms with van der Waals surface area (Å²) < 4.78 is 28.7. The van der Waals surface area contributed by atoms with Crippen LogP contribution in [-0.2, 0) is 6.42 Å². The minimum Gasteiger partial charge on any atom is -0.432 e. The van der Waals surface area contributed by atoms with Gasteiger partial charge in [0.15, 0.2) is 5.75 Å². The first kappa shape index (κ1) is 14.3. The van der Waals surface area contributed by atoms with Crippen molar-refractivity contribution in [1.82, 2.24) is 9.97 Å². The van der Waals surface area contributed by atoms with E-state index in [1.165, 1.54) is 6.07 Å². The lowest BCUT2D eigenvalue weighted by atomic mass is 10.2. The van der Waals surface area contributed by atoms with Crippen LogP contribution in [0.25, 0.3) is 11.0 Å². The molecule has 0 bridgehead atoms. The van der Waals surface area contributed by atoms with Crippen molar-refractivity contribution in [2.75, 3.05) is 0 Å². The predicted molar refractivity (Wildman–Crippen MR) is 66.9 cm³/mol. The Labute approximate surface area is 105 Å². The lowest BCUT2D eigenvalue weighted by molar-refractivity contribution is -0.0489. The fraction of sp³-hybridized carbons (Fsp3) is 0.385. The highest BCUT2D eigenvalue weighted by Gasteiger charge is 2.10. The predicted octanol–water partition coefficient (Wildman–Crippen LogP) is 3.82. The van der Waals surface area contributed by atoms with Gasteiger partial charge in [-0.2, -0.15) is 8.78 Å². The second-order valence-corrected chi connectivity index (χ2v) is 3.22. The average Bonchev–Trinajstić information content (AvgIpc) is 2.40. The minimum absolute atomic E-state index is 0.0651. The van der Waals surface area contributed by atoms with Gasteiger partial charge in [0.05, 0.1) is 11.2 Å². The molecule has 2 aromatic rings. The molecule has 2 rings (SSSR count). The zero-order valence-corrected chi connectivity index (χ0v) is 10.7. The summed E-state index contributed by atoms with van der Waals surface area (Å²) >= 11 is 0. The van der Waals surface area contributed by atoms with E-state index < -0.39 is 6.61 Å². The summed E-state index contributed by atoms with van der Waals surface area (Å²) in [6, 6.07) is 4.78. The van der Waals surface area contributed by atoms with Crippen molar-refractivity contribution in [3.8, 4) is 5.75 Å². The number of aromatic nitrogens is 2. The number of alkyl halides is 2. The maximum atomic E-state index is 12.2. The monoisotopic (exact) mass is 254 g/mol. The Morgan fingerprint density at radius 3 is 2.61 bits per heavy atom. The molecule has 0 spiro atoms. The topological polar surface area (TPSA) is 35.0 Å². The van der Waals surface area contributed by atoms with Gasteiger partial charge in [0, 0.05) is 6.20 Å². The van der Waals surface area contributed by atoms with Crippen LogP contribution >= 0.6 is 0 Å². The number of hydrogen-bond acceptors (Lipinski definition) is 3. The Morgan fingerprint density at radius 1 is 1.28 bits per heavy atom. The van der Waals surface area contributed by atoms with Gasteiger partial charge in [-0.05, 0) is 18.6 Å². The van der Waals surface area contributed by atoms with Gasteiger partial charge in [0.1, 0.15) is 5.52 Å². The lowest BCUT2D eigenvalue weighted by Crippen LogP contribution is -2.03. The molecular weight excluding hydrogens is 238 g/mol. The molecule has 0 aliphatic rings. The fourth-order valence-electron chi connectivity index (χ4n) is 1.41. The molecule has 0 saturated heterocycles. The molecule has 1 aromatic carbocycles. The highest BCUT2D eigenvalue weighted by Crippen LogP contribution is 2.23. The van der Waals surface area contributed by atoms with Gasteiger partial charge in [0.25, 0.3) is 0 Å². The van der Waals surface area contributed by atoms with E-state index in [-0.39, 0.29) is 5.75 Å². The van der Waals surface area contributed by atoms with E-state index in [1.807, 2.05) is 20.8 Å². The summed E-state index contributed by atoms with van der Waals surface area (Å²) in [5, 5.41) is 0. The molecule has 18 heavy (non-hydrogen) atoms. The van der Waals surface area contributed by atoms with Crippen molar-refractivity contribution < 1.29 is 13.5 Å². The molecule has 0 N–H and O–H groups in total. The normalized spacial score (nSPS) is 10.1. The molecule has 0 unspecified atom stereocenters. The van der Waals surface area contributed by atoms with E-state index in [1.54, 1.807) is 18.3 Å². The molecule has 0 aliphatic carbocycles. The summed E-state index contributed by atoms with van der Waals surface area (Å²) in [6.07, 6.45) is 2.33. The van der Waals surface area contributed by atoms with E-state index in [9.17, 15) is 8.78 Å². The standard InChI is InChI=1S/C11H10F2N2O.C2H6/c1-2-7-6-14-8-4-3-5-9(10(8)15-7)16-11(12)13;1-2/h3-6,11H,2H2,1H3;1-2H3. The molecule has 0 atom stereocenters. The van der Waals surface area contributed by atoms with Crippen LogP contribution in [0, 0.1) is 0 Å². The Kier molecular flexibility index (Phi) is 5.42. The minimum atomic E-state index is -2.85.